The van der Waals surface area contributed by atoms with E-state index in [1.165, 1.54) is 12.4 Å². The Balaban J connectivity index is 2.00. The molecule has 3 rings (SSSR count). The first-order valence-corrected chi connectivity index (χ1v) is 7.78. The van der Waals surface area contributed by atoms with E-state index in [4.69, 9.17) is 22.7 Å². The second-order valence-electron chi connectivity index (χ2n) is 5.06. The van der Waals surface area contributed by atoms with E-state index in [1.54, 1.807) is 24.4 Å². The van der Waals surface area contributed by atoms with Crippen molar-refractivity contribution in [2.24, 2.45) is 10.8 Å². The fourth-order valence-electron chi connectivity index (χ4n) is 2.30. The van der Waals surface area contributed by atoms with Crippen LogP contribution in [0.3, 0.4) is 0 Å². The van der Waals surface area contributed by atoms with Gasteiger partial charge < -0.3 is 10.5 Å². The Kier molecular flexibility index (Phi) is 4.96. The molecule has 0 spiro atoms. The minimum Gasteiger partial charge on any atom is -0.422 e. The number of carbonyl (C=O) groups excluding carboxylic acids is 1. The number of hydrazone groups is 1. The topological polar surface area (TPSA) is 89.6 Å². The molecule has 0 aliphatic rings. The molecule has 0 atom stereocenters. The second-order valence-corrected chi connectivity index (χ2v) is 5.50. The lowest BCUT2D eigenvalue weighted by molar-refractivity contribution is 0.0734. The first-order valence-electron chi connectivity index (χ1n) is 7.37. The molecule has 1 heterocycles. The fourth-order valence-corrected chi connectivity index (χ4v) is 2.35. The Bertz CT molecular complexity index is 958. The van der Waals surface area contributed by atoms with E-state index >= 15 is 0 Å². The van der Waals surface area contributed by atoms with Gasteiger partial charge >= 0.3 is 5.97 Å². The van der Waals surface area contributed by atoms with Gasteiger partial charge in [0.05, 0.1) is 11.8 Å². The van der Waals surface area contributed by atoms with Gasteiger partial charge in [0, 0.05) is 18.0 Å². The summed E-state index contributed by atoms with van der Waals surface area (Å²) in [5, 5.41) is 5.90. The number of rotatable bonds is 4. The number of thiocarbonyl (C=S) groups is 1. The molecule has 3 aromatic rings. The maximum atomic E-state index is 12.3. The van der Waals surface area contributed by atoms with Gasteiger partial charge in [-0.25, -0.2) is 4.79 Å². The van der Waals surface area contributed by atoms with Gasteiger partial charge in [0.15, 0.2) is 5.11 Å². The maximum Gasteiger partial charge on any atom is 0.345 e. The molecule has 0 radical (unpaired) electrons. The molecule has 0 aliphatic carbocycles. The van der Waals surface area contributed by atoms with E-state index in [9.17, 15) is 4.79 Å². The van der Waals surface area contributed by atoms with E-state index in [1.807, 2.05) is 30.3 Å². The molecule has 0 saturated heterocycles. The largest absolute Gasteiger partial charge is 0.422 e. The smallest absolute Gasteiger partial charge is 0.345 e. The summed E-state index contributed by atoms with van der Waals surface area (Å²) in [7, 11) is 0. The Hall–Kier alpha value is -3.32. The lowest BCUT2D eigenvalue weighted by atomic mass is 10.0. The average molecular weight is 350 g/mol. The number of carbonyl (C=O) groups is 1. The number of nitrogens with one attached hydrogen (secondary N) is 1. The van der Waals surface area contributed by atoms with Crippen LogP contribution in [0, 0.1) is 0 Å². The molecule has 2 aromatic carbocycles. The number of esters is 1. The zero-order chi connectivity index (χ0) is 17.6. The number of nitrogens with two attached hydrogens (primary N) is 1. The lowest BCUT2D eigenvalue weighted by Crippen LogP contribution is -2.24. The van der Waals surface area contributed by atoms with Crippen molar-refractivity contribution in [3.8, 4) is 5.75 Å². The van der Waals surface area contributed by atoms with E-state index in [0.717, 1.165) is 10.8 Å². The standard InChI is InChI=1S/C18H14N4O2S/c19-18(25)22-21-11-15-14-6-2-1-4-12(14)7-8-16(15)24-17(23)13-5-3-9-20-10-13/h1-11H,(H3,19,22,25)/b21-11-. The van der Waals surface area contributed by atoms with Crippen molar-refractivity contribution in [1.29, 1.82) is 0 Å². The van der Waals surface area contributed by atoms with Crippen LogP contribution in [0.1, 0.15) is 15.9 Å². The normalized spacial score (nSPS) is 10.7. The number of nitrogens with zero attached hydrogens (tertiary/aromatic N) is 2. The Morgan fingerprint density at radius 2 is 2.04 bits per heavy atom. The van der Waals surface area contributed by atoms with Crippen molar-refractivity contribution in [3.63, 3.8) is 0 Å². The summed E-state index contributed by atoms with van der Waals surface area (Å²) in [6, 6.07) is 14.6. The molecule has 0 aliphatic heterocycles. The minimum absolute atomic E-state index is 0.0467. The van der Waals surface area contributed by atoms with Crippen LogP contribution in [-0.4, -0.2) is 22.3 Å². The highest BCUT2D eigenvalue weighted by molar-refractivity contribution is 7.80. The van der Waals surface area contributed by atoms with Crippen LogP contribution in [-0.2, 0) is 0 Å². The average Bonchev–Trinajstić information content (AvgIpc) is 2.63. The zero-order valence-electron chi connectivity index (χ0n) is 13.0. The predicted molar refractivity (Wildman–Crippen MR) is 101 cm³/mol. The van der Waals surface area contributed by atoms with Crippen LogP contribution in [0.15, 0.2) is 66.0 Å². The second kappa shape index (κ2) is 7.50. The number of hydrogen-bond acceptors (Lipinski definition) is 5. The fraction of sp³-hybridized carbons (Fsp3) is 0. The summed E-state index contributed by atoms with van der Waals surface area (Å²) < 4.78 is 5.54. The van der Waals surface area contributed by atoms with Gasteiger partial charge in [0.1, 0.15) is 5.75 Å². The summed E-state index contributed by atoms with van der Waals surface area (Å²) >= 11 is 4.73. The first-order chi connectivity index (χ1) is 12.1. The molecular weight excluding hydrogens is 336 g/mol. The van der Waals surface area contributed by atoms with Crippen LogP contribution in [0.4, 0.5) is 0 Å². The van der Waals surface area contributed by atoms with Gasteiger partial charge in [-0.05, 0) is 41.2 Å². The number of aromatic nitrogens is 1. The van der Waals surface area contributed by atoms with Crippen LogP contribution in [0.5, 0.6) is 5.75 Å². The third-order valence-electron chi connectivity index (χ3n) is 3.40. The quantitative estimate of drug-likeness (QED) is 0.247. The Morgan fingerprint density at radius 3 is 2.80 bits per heavy atom. The van der Waals surface area contributed by atoms with E-state index in [0.29, 0.717) is 16.9 Å². The number of pyridine rings is 1. The molecule has 0 unspecified atom stereocenters. The summed E-state index contributed by atoms with van der Waals surface area (Å²) in [5.41, 5.74) is 8.88. The number of benzene rings is 2. The Morgan fingerprint density at radius 1 is 1.20 bits per heavy atom. The highest BCUT2D eigenvalue weighted by Gasteiger charge is 2.13. The third kappa shape index (κ3) is 3.96. The first kappa shape index (κ1) is 16.5. The molecule has 0 fully saturated rings. The molecule has 0 saturated carbocycles. The van der Waals surface area contributed by atoms with Gasteiger partial charge in [-0.3, -0.25) is 10.4 Å². The summed E-state index contributed by atoms with van der Waals surface area (Å²) in [6.07, 6.45) is 4.56. The molecule has 124 valence electrons. The van der Waals surface area contributed by atoms with Gasteiger partial charge in [-0.2, -0.15) is 5.10 Å². The van der Waals surface area contributed by atoms with Crippen molar-refractivity contribution in [2.75, 3.05) is 0 Å². The zero-order valence-corrected chi connectivity index (χ0v) is 13.9. The highest BCUT2D eigenvalue weighted by Crippen LogP contribution is 2.27. The van der Waals surface area contributed by atoms with Crippen molar-refractivity contribution < 1.29 is 9.53 Å². The van der Waals surface area contributed by atoms with Crippen molar-refractivity contribution >= 4 is 40.3 Å². The van der Waals surface area contributed by atoms with Crippen molar-refractivity contribution in [2.45, 2.75) is 0 Å². The molecule has 0 bridgehead atoms. The minimum atomic E-state index is -0.500. The van der Waals surface area contributed by atoms with Crippen LogP contribution < -0.4 is 15.9 Å². The monoisotopic (exact) mass is 350 g/mol. The SMILES string of the molecule is NC(=S)N/N=C\c1c(OC(=O)c2cccnc2)ccc2ccccc12. The van der Waals surface area contributed by atoms with Gasteiger partial charge in [-0.1, -0.05) is 30.3 Å². The highest BCUT2D eigenvalue weighted by atomic mass is 32.1. The number of ether oxygens (including phenoxy) is 1. The Labute approximate surface area is 149 Å². The number of hydrogen-bond donors (Lipinski definition) is 2. The summed E-state index contributed by atoms with van der Waals surface area (Å²) in [4.78, 5) is 16.2. The summed E-state index contributed by atoms with van der Waals surface area (Å²) in [5.74, 6) is -0.124. The molecular formula is C18H14N4O2S. The van der Waals surface area contributed by atoms with E-state index < -0.39 is 5.97 Å². The van der Waals surface area contributed by atoms with Gasteiger partial charge in [0.2, 0.25) is 0 Å². The molecule has 3 N–H and O–H groups in total. The van der Waals surface area contributed by atoms with Crippen LogP contribution >= 0.6 is 12.2 Å². The van der Waals surface area contributed by atoms with Crippen molar-refractivity contribution in [1.82, 2.24) is 10.4 Å². The van der Waals surface area contributed by atoms with Crippen LogP contribution in [0.25, 0.3) is 10.8 Å². The van der Waals surface area contributed by atoms with E-state index in [2.05, 4.69) is 15.5 Å². The maximum absolute atomic E-state index is 12.3. The van der Waals surface area contributed by atoms with Gasteiger partial charge in [0.25, 0.3) is 0 Å². The molecule has 25 heavy (non-hydrogen) atoms. The third-order valence-corrected chi connectivity index (χ3v) is 3.49. The molecule has 6 nitrogen and oxygen atoms in total. The lowest BCUT2D eigenvalue weighted by Gasteiger charge is -2.10. The van der Waals surface area contributed by atoms with Gasteiger partial charge in [-0.15, -0.1) is 0 Å². The molecule has 1 aromatic heterocycles. The summed E-state index contributed by atoms with van der Waals surface area (Å²) in [6.45, 7) is 0. The predicted octanol–water partition coefficient (Wildman–Crippen LogP) is 2.62. The van der Waals surface area contributed by atoms with Crippen LogP contribution in [0.2, 0.25) is 0 Å². The number of fused-ring (bicyclic) bond motifs is 1. The van der Waals surface area contributed by atoms with Crippen molar-refractivity contribution in [3.05, 3.63) is 72.1 Å². The molecule has 0 amide bonds. The molecule has 7 heteroatoms. The van der Waals surface area contributed by atoms with E-state index in [-0.39, 0.29) is 5.11 Å².